The minimum absolute atomic E-state index is 0.231. The SMILES string of the molecule is N#CC1C=CC=[C]C1=S. The van der Waals surface area contributed by atoms with Crippen LogP contribution in [0.25, 0.3) is 0 Å². The highest BCUT2D eigenvalue weighted by molar-refractivity contribution is 7.80. The number of hydrogen-bond acceptors (Lipinski definition) is 2. The van der Waals surface area contributed by atoms with E-state index in [4.69, 9.17) is 17.5 Å². The number of thiocarbonyl (C=S) groups is 1. The Hall–Kier alpha value is -0.940. The van der Waals surface area contributed by atoms with Crippen LogP contribution < -0.4 is 0 Å². The van der Waals surface area contributed by atoms with Crippen molar-refractivity contribution in [2.75, 3.05) is 0 Å². The molecular weight excluding hydrogens is 130 g/mol. The monoisotopic (exact) mass is 134 g/mol. The van der Waals surface area contributed by atoms with Gasteiger partial charge in [-0.1, -0.05) is 30.4 Å². The fourth-order valence-corrected chi connectivity index (χ4v) is 0.775. The van der Waals surface area contributed by atoms with Crippen LogP contribution in [0.1, 0.15) is 0 Å². The highest BCUT2D eigenvalue weighted by Crippen LogP contribution is 2.06. The lowest BCUT2D eigenvalue weighted by molar-refractivity contribution is 1.16. The fourth-order valence-electron chi connectivity index (χ4n) is 0.576. The van der Waals surface area contributed by atoms with Gasteiger partial charge in [0.25, 0.3) is 0 Å². The predicted molar refractivity (Wildman–Crippen MR) is 38.7 cm³/mol. The normalized spacial score (nSPS) is 23.9. The molecule has 0 bridgehead atoms. The standard InChI is InChI=1S/C7H4NS/c8-5-6-3-1-2-4-7(6)9/h1-3,6H. The highest BCUT2D eigenvalue weighted by Gasteiger charge is 2.08. The van der Waals surface area contributed by atoms with Crippen LogP contribution in [0, 0.1) is 23.3 Å². The Bertz CT molecular complexity index is 220. The fraction of sp³-hybridized carbons (Fsp3) is 0.143. The van der Waals surface area contributed by atoms with Crippen LogP contribution in [0.3, 0.4) is 0 Å². The Morgan fingerprint density at radius 2 is 2.56 bits per heavy atom. The van der Waals surface area contributed by atoms with Crippen LogP contribution in [0.15, 0.2) is 18.2 Å². The second-order valence-electron chi connectivity index (χ2n) is 1.67. The van der Waals surface area contributed by atoms with E-state index in [9.17, 15) is 0 Å². The molecule has 1 aliphatic rings. The molecular formula is C7H4NS. The summed E-state index contributed by atoms with van der Waals surface area (Å²) in [5.41, 5.74) is 0. The molecule has 1 rings (SSSR count). The van der Waals surface area contributed by atoms with E-state index in [1.165, 1.54) is 0 Å². The molecule has 0 heterocycles. The van der Waals surface area contributed by atoms with Gasteiger partial charge in [-0.2, -0.15) is 5.26 Å². The number of nitriles is 1. The van der Waals surface area contributed by atoms with E-state index < -0.39 is 0 Å². The summed E-state index contributed by atoms with van der Waals surface area (Å²) in [5.74, 6) is -0.231. The van der Waals surface area contributed by atoms with Gasteiger partial charge in [0, 0.05) is 4.86 Å². The van der Waals surface area contributed by atoms with Crippen molar-refractivity contribution in [2.45, 2.75) is 0 Å². The van der Waals surface area contributed by atoms with Gasteiger partial charge in [-0.25, -0.2) is 0 Å². The quantitative estimate of drug-likeness (QED) is 0.468. The zero-order chi connectivity index (χ0) is 6.69. The summed E-state index contributed by atoms with van der Waals surface area (Å²) < 4.78 is 0. The van der Waals surface area contributed by atoms with Crippen molar-refractivity contribution in [1.82, 2.24) is 0 Å². The largest absolute Gasteiger partial charge is 0.197 e. The summed E-state index contributed by atoms with van der Waals surface area (Å²) in [6.07, 6.45) is 8.04. The molecule has 0 aromatic rings. The molecule has 1 atom stereocenters. The second kappa shape index (κ2) is 2.56. The summed E-state index contributed by atoms with van der Waals surface area (Å²) in [5, 5.41) is 8.42. The van der Waals surface area contributed by atoms with Crippen LogP contribution in [-0.2, 0) is 0 Å². The lowest BCUT2D eigenvalue weighted by atomic mass is 10.0. The number of rotatable bonds is 0. The second-order valence-corrected chi connectivity index (χ2v) is 2.11. The summed E-state index contributed by atoms with van der Waals surface area (Å²) in [6, 6.07) is 2.04. The van der Waals surface area contributed by atoms with Gasteiger partial charge in [-0.05, 0) is 6.08 Å². The zero-order valence-corrected chi connectivity index (χ0v) is 5.48. The molecule has 0 saturated carbocycles. The first-order chi connectivity index (χ1) is 4.34. The minimum Gasteiger partial charge on any atom is -0.197 e. The molecule has 0 N–H and O–H groups in total. The first-order valence-corrected chi connectivity index (χ1v) is 2.95. The number of hydrogen-bond donors (Lipinski definition) is 0. The Labute approximate surface area is 59.3 Å². The summed E-state index contributed by atoms with van der Waals surface area (Å²) >= 11 is 4.81. The van der Waals surface area contributed by atoms with Crippen LogP contribution in [0.2, 0.25) is 0 Å². The highest BCUT2D eigenvalue weighted by atomic mass is 32.1. The number of nitrogens with zero attached hydrogens (tertiary/aromatic N) is 1. The Morgan fingerprint density at radius 1 is 1.78 bits per heavy atom. The van der Waals surface area contributed by atoms with Crippen molar-refractivity contribution >= 4 is 17.1 Å². The van der Waals surface area contributed by atoms with Crippen molar-refractivity contribution in [1.29, 1.82) is 5.26 Å². The molecule has 0 amide bonds. The van der Waals surface area contributed by atoms with E-state index in [1.54, 1.807) is 18.2 Å². The molecule has 43 valence electrons. The van der Waals surface area contributed by atoms with Crippen molar-refractivity contribution in [3.05, 3.63) is 24.3 Å². The molecule has 0 aromatic heterocycles. The molecule has 0 aromatic carbocycles. The number of allylic oxidation sites excluding steroid dienone is 4. The maximum atomic E-state index is 8.42. The van der Waals surface area contributed by atoms with Gasteiger partial charge in [0.1, 0.15) is 5.92 Å². The molecule has 1 radical (unpaired) electrons. The van der Waals surface area contributed by atoms with Crippen LogP contribution in [0.5, 0.6) is 0 Å². The average molecular weight is 134 g/mol. The minimum atomic E-state index is -0.231. The van der Waals surface area contributed by atoms with Gasteiger partial charge in [-0.3, -0.25) is 0 Å². The van der Waals surface area contributed by atoms with Crippen LogP contribution in [-0.4, -0.2) is 4.86 Å². The predicted octanol–water partition coefficient (Wildman–Crippen LogP) is 1.43. The van der Waals surface area contributed by atoms with Gasteiger partial charge in [0.05, 0.1) is 6.07 Å². The van der Waals surface area contributed by atoms with Gasteiger partial charge >= 0.3 is 0 Å². The van der Waals surface area contributed by atoms with E-state index in [2.05, 4.69) is 6.08 Å². The molecule has 9 heavy (non-hydrogen) atoms. The van der Waals surface area contributed by atoms with Gasteiger partial charge < -0.3 is 0 Å². The van der Waals surface area contributed by atoms with Crippen molar-refractivity contribution in [3.8, 4) is 6.07 Å². The third kappa shape index (κ3) is 1.24. The molecule has 1 nitrogen and oxygen atoms in total. The third-order valence-electron chi connectivity index (χ3n) is 1.05. The van der Waals surface area contributed by atoms with Crippen molar-refractivity contribution in [3.63, 3.8) is 0 Å². The zero-order valence-electron chi connectivity index (χ0n) is 4.66. The van der Waals surface area contributed by atoms with E-state index in [0.29, 0.717) is 4.86 Å². The lowest BCUT2D eigenvalue weighted by Gasteiger charge is -2.01. The first kappa shape index (κ1) is 6.18. The molecule has 1 aliphatic carbocycles. The smallest absolute Gasteiger partial charge is 0.100 e. The van der Waals surface area contributed by atoms with Gasteiger partial charge in [0.15, 0.2) is 0 Å². The molecule has 0 spiro atoms. The molecule has 1 unspecified atom stereocenters. The lowest BCUT2D eigenvalue weighted by Crippen LogP contribution is -2.06. The first-order valence-electron chi connectivity index (χ1n) is 2.54. The summed E-state index contributed by atoms with van der Waals surface area (Å²) in [4.78, 5) is 0.583. The van der Waals surface area contributed by atoms with E-state index >= 15 is 0 Å². The van der Waals surface area contributed by atoms with E-state index in [0.717, 1.165) is 0 Å². The summed E-state index contributed by atoms with van der Waals surface area (Å²) in [6.45, 7) is 0. The topological polar surface area (TPSA) is 23.8 Å². The van der Waals surface area contributed by atoms with Gasteiger partial charge in [0.2, 0.25) is 0 Å². The molecule has 0 saturated heterocycles. The van der Waals surface area contributed by atoms with Crippen molar-refractivity contribution in [2.24, 2.45) is 5.92 Å². The van der Waals surface area contributed by atoms with Crippen LogP contribution >= 0.6 is 12.2 Å². The Balaban J connectivity index is 2.81. The van der Waals surface area contributed by atoms with E-state index in [-0.39, 0.29) is 5.92 Å². The van der Waals surface area contributed by atoms with E-state index in [1.807, 2.05) is 6.07 Å². The van der Waals surface area contributed by atoms with Crippen molar-refractivity contribution < 1.29 is 0 Å². The maximum absolute atomic E-state index is 8.42. The maximum Gasteiger partial charge on any atom is 0.100 e. The molecule has 0 fully saturated rings. The Morgan fingerprint density at radius 3 is 3.00 bits per heavy atom. The van der Waals surface area contributed by atoms with Crippen LogP contribution in [0.4, 0.5) is 0 Å². The Kier molecular flexibility index (Phi) is 1.76. The third-order valence-corrected chi connectivity index (χ3v) is 1.42. The van der Waals surface area contributed by atoms with Gasteiger partial charge in [-0.15, -0.1) is 0 Å². The molecule has 0 aliphatic heterocycles. The summed E-state index contributed by atoms with van der Waals surface area (Å²) in [7, 11) is 0. The molecule has 2 heteroatoms. The average Bonchev–Trinajstić information content (AvgIpc) is 1.89.